The Balaban J connectivity index is 2.36. The van der Waals surface area contributed by atoms with Gasteiger partial charge in [0.25, 0.3) is 0 Å². The van der Waals surface area contributed by atoms with Crippen molar-refractivity contribution in [3.05, 3.63) is 34.1 Å². The molecule has 0 radical (unpaired) electrons. The van der Waals surface area contributed by atoms with Gasteiger partial charge < -0.3 is 20.1 Å². The number of ether oxygens (including phenoxy) is 2. The van der Waals surface area contributed by atoms with Gasteiger partial charge in [-0.05, 0) is 47.0 Å². The average Bonchev–Trinajstić information content (AvgIpc) is 2.54. The SMILES string of the molecule is CCNC(=NCc1ccc(Br)c(F)c1)NCCCOCCOC. The molecule has 0 saturated heterocycles. The molecule has 130 valence electrons. The molecule has 0 spiro atoms. The van der Waals surface area contributed by atoms with Crippen molar-refractivity contribution in [2.24, 2.45) is 4.99 Å². The van der Waals surface area contributed by atoms with Crippen LogP contribution in [0.15, 0.2) is 27.7 Å². The number of halogens is 2. The molecule has 0 atom stereocenters. The van der Waals surface area contributed by atoms with E-state index in [9.17, 15) is 4.39 Å². The van der Waals surface area contributed by atoms with Crippen LogP contribution in [-0.2, 0) is 16.0 Å². The van der Waals surface area contributed by atoms with Crippen LogP contribution in [-0.4, -0.2) is 46.0 Å². The van der Waals surface area contributed by atoms with Gasteiger partial charge in [0.05, 0.1) is 24.2 Å². The van der Waals surface area contributed by atoms with Gasteiger partial charge in [-0.2, -0.15) is 0 Å². The minimum Gasteiger partial charge on any atom is -0.382 e. The van der Waals surface area contributed by atoms with Crippen LogP contribution in [0.4, 0.5) is 4.39 Å². The molecular formula is C16H25BrFN3O2. The zero-order chi connectivity index (χ0) is 16.9. The predicted molar refractivity (Wildman–Crippen MR) is 94.2 cm³/mol. The summed E-state index contributed by atoms with van der Waals surface area (Å²) in [5.41, 5.74) is 0.825. The maximum Gasteiger partial charge on any atom is 0.191 e. The Labute approximate surface area is 145 Å². The summed E-state index contributed by atoms with van der Waals surface area (Å²) < 4.78 is 24.2. The van der Waals surface area contributed by atoms with E-state index in [0.29, 0.717) is 36.8 Å². The van der Waals surface area contributed by atoms with E-state index in [2.05, 4.69) is 31.6 Å². The standard InChI is InChI=1S/C16H25BrFN3O2/c1-3-19-16(20-7-4-8-23-10-9-22-2)21-12-13-5-6-14(17)15(18)11-13/h5-6,11H,3-4,7-10,12H2,1-2H3,(H2,19,20,21). The molecule has 5 nitrogen and oxygen atoms in total. The summed E-state index contributed by atoms with van der Waals surface area (Å²) >= 11 is 3.14. The van der Waals surface area contributed by atoms with Crippen molar-refractivity contribution in [1.29, 1.82) is 0 Å². The molecule has 0 aliphatic heterocycles. The Kier molecular flexibility index (Phi) is 10.6. The van der Waals surface area contributed by atoms with Gasteiger partial charge in [-0.3, -0.25) is 0 Å². The van der Waals surface area contributed by atoms with Crippen LogP contribution in [0.5, 0.6) is 0 Å². The summed E-state index contributed by atoms with van der Waals surface area (Å²) in [4.78, 5) is 4.45. The predicted octanol–water partition coefficient (Wildman–Crippen LogP) is 2.70. The fraction of sp³-hybridized carbons (Fsp3) is 0.562. The van der Waals surface area contributed by atoms with Crippen LogP contribution in [0.3, 0.4) is 0 Å². The largest absolute Gasteiger partial charge is 0.382 e. The first-order valence-corrected chi connectivity index (χ1v) is 8.49. The lowest BCUT2D eigenvalue weighted by atomic mass is 10.2. The van der Waals surface area contributed by atoms with E-state index in [1.807, 2.05) is 13.0 Å². The number of aliphatic imine (C=N–C) groups is 1. The third-order valence-electron chi connectivity index (χ3n) is 2.94. The van der Waals surface area contributed by atoms with Crippen molar-refractivity contribution >= 4 is 21.9 Å². The van der Waals surface area contributed by atoms with Gasteiger partial charge in [0, 0.05) is 26.8 Å². The van der Waals surface area contributed by atoms with Crippen molar-refractivity contribution in [3.8, 4) is 0 Å². The van der Waals surface area contributed by atoms with E-state index in [-0.39, 0.29) is 5.82 Å². The smallest absolute Gasteiger partial charge is 0.191 e. The van der Waals surface area contributed by atoms with Crippen molar-refractivity contribution in [1.82, 2.24) is 10.6 Å². The molecule has 1 aromatic rings. The maximum absolute atomic E-state index is 13.5. The molecule has 0 unspecified atom stereocenters. The first kappa shape index (κ1) is 19.9. The van der Waals surface area contributed by atoms with Crippen LogP contribution in [0, 0.1) is 5.82 Å². The molecule has 0 bridgehead atoms. The van der Waals surface area contributed by atoms with Crippen molar-refractivity contribution in [2.45, 2.75) is 19.9 Å². The van der Waals surface area contributed by atoms with E-state index in [0.717, 1.165) is 25.1 Å². The lowest BCUT2D eigenvalue weighted by Gasteiger charge is -2.11. The normalized spacial score (nSPS) is 11.6. The number of hydrogen-bond donors (Lipinski definition) is 2. The third-order valence-corrected chi connectivity index (χ3v) is 3.58. The molecule has 1 rings (SSSR count). The van der Waals surface area contributed by atoms with Gasteiger partial charge in [0.1, 0.15) is 5.82 Å². The Morgan fingerprint density at radius 3 is 2.78 bits per heavy atom. The second kappa shape index (κ2) is 12.3. The Hall–Kier alpha value is -1.18. The Morgan fingerprint density at radius 2 is 2.09 bits per heavy atom. The molecule has 0 aromatic heterocycles. The van der Waals surface area contributed by atoms with Crippen molar-refractivity contribution in [3.63, 3.8) is 0 Å². The number of hydrogen-bond acceptors (Lipinski definition) is 3. The number of methoxy groups -OCH3 is 1. The number of benzene rings is 1. The maximum atomic E-state index is 13.5. The molecule has 1 aromatic carbocycles. The second-order valence-electron chi connectivity index (χ2n) is 4.83. The Morgan fingerprint density at radius 1 is 1.26 bits per heavy atom. The summed E-state index contributed by atoms with van der Waals surface area (Å²) in [6.45, 7) is 5.85. The van der Waals surface area contributed by atoms with E-state index in [4.69, 9.17) is 9.47 Å². The highest BCUT2D eigenvalue weighted by atomic mass is 79.9. The number of rotatable bonds is 10. The van der Waals surface area contributed by atoms with Crippen LogP contribution >= 0.6 is 15.9 Å². The third kappa shape index (κ3) is 8.88. The summed E-state index contributed by atoms with van der Waals surface area (Å²) in [5, 5.41) is 6.40. The fourth-order valence-electron chi connectivity index (χ4n) is 1.78. The van der Waals surface area contributed by atoms with E-state index >= 15 is 0 Å². The Bertz CT molecular complexity index is 486. The molecular weight excluding hydrogens is 365 g/mol. The van der Waals surface area contributed by atoms with Gasteiger partial charge in [-0.1, -0.05) is 6.07 Å². The van der Waals surface area contributed by atoms with Gasteiger partial charge in [0.15, 0.2) is 5.96 Å². The van der Waals surface area contributed by atoms with Crippen molar-refractivity contribution in [2.75, 3.05) is 40.0 Å². The monoisotopic (exact) mass is 389 g/mol. The average molecular weight is 390 g/mol. The summed E-state index contributed by atoms with van der Waals surface area (Å²) in [6, 6.07) is 5.03. The molecule has 0 aliphatic carbocycles. The number of nitrogens with zero attached hydrogens (tertiary/aromatic N) is 1. The minimum atomic E-state index is -0.274. The van der Waals surface area contributed by atoms with Crippen LogP contribution < -0.4 is 10.6 Å². The summed E-state index contributed by atoms with van der Waals surface area (Å²) in [6.07, 6.45) is 0.876. The van der Waals surface area contributed by atoms with Gasteiger partial charge in [0.2, 0.25) is 0 Å². The molecule has 0 fully saturated rings. The van der Waals surface area contributed by atoms with Crippen LogP contribution in [0.1, 0.15) is 18.9 Å². The highest BCUT2D eigenvalue weighted by Crippen LogP contribution is 2.16. The second-order valence-corrected chi connectivity index (χ2v) is 5.68. The van der Waals surface area contributed by atoms with Crippen LogP contribution in [0.25, 0.3) is 0 Å². The van der Waals surface area contributed by atoms with E-state index in [1.54, 1.807) is 13.2 Å². The molecule has 7 heteroatoms. The molecule has 2 N–H and O–H groups in total. The lowest BCUT2D eigenvalue weighted by Crippen LogP contribution is -2.38. The zero-order valence-electron chi connectivity index (χ0n) is 13.7. The highest BCUT2D eigenvalue weighted by molar-refractivity contribution is 9.10. The van der Waals surface area contributed by atoms with Crippen LogP contribution in [0.2, 0.25) is 0 Å². The quantitative estimate of drug-likeness (QED) is 0.367. The summed E-state index contributed by atoms with van der Waals surface area (Å²) in [5.74, 6) is 0.441. The molecule has 0 aliphatic rings. The number of nitrogens with one attached hydrogen (secondary N) is 2. The molecule has 23 heavy (non-hydrogen) atoms. The molecule has 0 heterocycles. The first-order valence-electron chi connectivity index (χ1n) is 7.70. The fourth-order valence-corrected chi connectivity index (χ4v) is 2.02. The lowest BCUT2D eigenvalue weighted by molar-refractivity contribution is 0.0698. The molecule has 0 amide bonds. The topological polar surface area (TPSA) is 54.9 Å². The zero-order valence-corrected chi connectivity index (χ0v) is 15.3. The van der Waals surface area contributed by atoms with Gasteiger partial charge >= 0.3 is 0 Å². The highest BCUT2D eigenvalue weighted by Gasteiger charge is 2.01. The van der Waals surface area contributed by atoms with E-state index < -0.39 is 0 Å². The van der Waals surface area contributed by atoms with Gasteiger partial charge in [-0.15, -0.1) is 0 Å². The van der Waals surface area contributed by atoms with Gasteiger partial charge in [-0.25, -0.2) is 9.38 Å². The van der Waals surface area contributed by atoms with E-state index in [1.165, 1.54) is 6.07 Å². The number of guanidine groups is 1. The van der Waals surface area contributed by atoms with Crippen molar-refractivity contribution < 1.29 is 13.9 Å². The summed E-state index contributed by atoms with van der Waals surface area (Å²) in [7, 11) is 1.65. The minimum absolute atomic E-state index is 0.274. The molecule has 0 saturated carbocycles. The first-order chi connectivity index (χ1) is 11.2.